The van der Waals surface area contributed by atoms with E-state index >= 15 is 0 Å². The van der Waals surface area contributed by atoms with Gasteiger partial charge in [-0.05, 0) is 71.7 Å². The summed E-state index contributed by atoms with van der Waals surface area (Å²) < 4.78 is 6.23. The van der Waals surface area contributed by atoms with Crippen LogP contribution in [0.3, 0.4) is 0 Å². The van der Waals surface area contributed by atoms with Crippen molar-refractivity contribution in [3.63, 3.8) is 0 Å². The van der Waals surface area contributed by atoms with Crippen molar-refractivity contribution in [1.29, 1.82) is 0 Å². The Hall–Kier alpha value is -2.14. The number of halogens is 1. The van der Waals surface area contributed by atoms with E-state index in [1.54, 1.807) is 24.3 Å². The molecule has 0 aliphatic rings. The maximum Gasteiger partial charge on any atom is 0.262 e. The van der Waals surface area contributed by atoms with Gasteiger partial charge in [0.05, 0.1) is 5.69 Å². The molecule has 22 heavy (non-hydrogen) atoms. The molecule has 1 N–H and O–H groups in total. The average Bonchev–Trinajstić information content (AvgIpc) is 2.48. The first-order valence-electron chi connectivity index (χ1n) is 6.75. The van der Waals surface area contributed by atoms with Gasteiger partial charge in [-0.25, -0.2) is 0 Å². The number of Topliss-reactive ketones (excluding diaryl/α,β-unsaturated/α-hetero) is 1. The highest BCUT2D eigenvalue weighted by Gasteiger charge is 2.07. The molecule has 0 saturated heterocycles. The van der Waals surface area contributed by atoms with Crippen LogP contribution in [0.4, 0.5) is 5.69 Å². The second kappa shape index (κ2) is 7.22. The number of benzene rings is 2. The fraction of sp³-hybridized carbons (Fsp3) is 0.176. The number of rotatable bonds is 5. The van der Waals surface area contributed by atoms with E-state index in [4.69, 9.17) is 4.74 Å². The van der Waals surface area contributed by atoms with Crippen LogP contribution in [-0.2, 0) is 4.79 Å². The molecule has 0 bridgehead atoms. The van der Waals surface area contributed by atoms with Crippen LogP contribution in [0.25, 0.3) is 0 Å². The van der Waals surface area contributed by atoms with Crippen LogP contribution in [0.5, 0.6) is 5.75 Å². The molecule has 5 heteroatoms. The second-order valence-electron chi connectivity index (χ2n) is 4.90. The highest BCUT2D eigenvalue weighted by Crippen LogP contribution is 2.23. The lowest BCUT2D eigenvalue weighted by molar-refractivity contribution is -0.118. The molecule has 0 fully saturated rings. The molecule has 114 valence electrons. The number of aryl methyl sites for hydroxylation is 1. The SMILES string of the molecule is CC(=O)c1ccc(OCC(=O)Nc2ccc(C)cc2Br)cc1. The van der Waals surface area contributed by atoms with E-state index in [0.717, 1.165) is 10.0 Å². The topological polar surface area (TPSA) is 55.4 Å². The van der Waals surface area contributed by atoms with Crippen LogP contribution in [0.2, 0.25) is 0 Å². The zero-order valence-electron chi connectivity index (χ0n) is 12.4. The van der Waals surface area contributed by atoms with Crippen LogP contribution >= 0.6 is 15.9 Å². The maximum absolute atomic E-state index is 11.9. The fourth-order valence-corrected chi connectivity index (χ4v) is 2.43. The van der Waals surface area contributed by atoms with Crippen LogP contribution in [0.15, 0.2) is 46.9 Å². The molecule has 0 radical (unpaired) electrons. The Balaban J connectivity index is 1.91. The second-order valence-corrected chi connectivity index (χ2v) is 5.76. The third-order valence-corrected chi connectivity index (χ3v) is 3.69. The van der Waals surface area contributed by atoms with E-state index < -0.39 is 0 Å². The summed E-state index contributed by atoms with van der Waals surface area (Å²) in [6.45, 7) is 3.38. The lowest BCUT2D eigenvalue weighted by Crippen LogP contribution is -2.20. The first kappa shape index (κ1) is 16.2. The quantitative estimate of drug-likeness (QED) is 0.819. The first-order valence-corrected chi connectivity index (χ1v) is 7.55. The van der Waals surface area contributed by atoms with Crippen LogP contribution in [0, 0.1) is 6.92 Å². The molecule has 0 aromatic heterocycles. The van der Waals surface area contributed by atoms with Crippen molar-refractivity contribution in [1.82, 2.24) is 0 Å². The van der Waals surface area contributed by atoms with Gasteiger partial charge in [0.2, 0.25) is 0 Å². The Morgan fingerprint density at radius 1 is 1.14 bits per heavy atom. The number of ether oxygens (including phenoxy) is 1. The summed E-state index contributed by atoms with van der Waals surface area (Å²) in [7, 11) is 0. The first-order chi connectivity index (χ1) is 10.5. The number of carbonyl (C=O) groups excluding carboxylic acids is 2. The largest absolute Gasteiger partial charge is 0.484 e. The molecule has 0 heterocycles. The third-order valence-electron chi connectivity index (χ3n) is 3.03. The molecule has 0 aliphatic heterocycles. The number of carbonyl (C=O) groups is 2. The van der Waals surface area contributed by atoms with Gasteiger partial charge >= 0.3 is 0 Å². The van der Waals surface area contributed by atoms with Crippen molar-refractivity contribution in [3.8, 4) is 5.75 Å². The number of nitrogens with one attached hydrogen (secondary N) is 1. The van der Waals surface area contributed by atoms with Crippen molar-refractivity contribution in [2.24, 2.45) is 0 Å². The molecule has 1 amide bonds. The minimum atomic E-state index is -0.250. The van der Waals surface area contributed by atoms with Gasteiger partial charge in [0.25, 0.3) is 5.91 Å². The van der Waals surface area contributed by atoms with Crippen LogP contribution in [0.1, 0.15) is 22.8 Å². The summed E-state index contributed by atoms with van der Waals surface area (Å²) in [5.41, 5.74) is 2.42. The molecular formula is C17H16BrNO3. The molecule has 0 saturated carbocycles. The molecular weight excluding hydrogens is 346 g/mol. The van der Waals surface area contributed by atoms with E-state index in [1.165, 1.54) is 6.92 Å². The smallest absolute Gasteiger partial charge is 0.262 e. The summed E-state index contributed by atoms with van der Waals surface area (Å²) >= 11 is 3.41. The maximum atomic E-state index is 11.9. The Labute approximate surface area is 137 Å². The van der Waals surface area contributed by atoms with Gasteiger partial charge in [-0.3, -0.25) is 9.59 Å². The third kappa shape index (κ3) is 4.43. The molecule has 0 spiro atoms. The molecule has 4 nitrogen and oxygen atoms in total. The van der Waals surface area contributed by atoms with Gasteiger partial charge in [-0.15, -0.1) is 0 Å². The van der Waals surface area contributed by atoms with Crippen molar-refractivity contribution >= 4 is 33.3 Å². The van der Waals surface area contributed by atoms with E-state index in [9.17, 15) is 9.59 Å². The minimum absolute atomic E-state index is 0.00601. The van der Waals surface area contributed by atoms with Crippen molar-refractivity contribution < 1.29 is 14.3 Å². The highest BCUT2D eigenvalue weighted by atomic mass is 79.9. The molecule has 0 unspecified atom stereocenters. The molecule has 0 aliphatic carbocycles. The van der Waals surface area contributed by atoms with Gasteiger partial charge < -0.3 is 10.1 Å². The van der Waals surface area contributed by atoms with Gasteiger partial charge in [0, 0.05) is 10.0 Å². The summed E-state index contributed by atoms with van der Waals surface area (Å²) in [6, 6.07) is 12.4. The zero-order chi connectivity index (χ0) is 16.1. The summed E-state index contributed by atoms with van der Waals surface area (Å²) in [5.74, 6) is 0.289. The number of hydrogen-bond donors (Lipinski definition) is 1. The molecule has 2 aromatic rings. The van der Waals surface area contributed by atoms with Crippen molar-refractivity contribution in [2.75, 3.05) is 11.9 Å². The molecule has 2 aromatic carbocycles. The number of amides is 1. The summed E-state index contributed by atoms with van der Waals surface area (Å²) in [4.78, 5) is 23.1. The highest BCUT2D eigenvalue weighted by molar-refractivity contribution is 9.10. The lowest BCUT2D eigenvalue weighted by Gasteiger charge is -2.09. The Kier molecular flexibility index (Phi) is 5.33. The average molecular weight is 362 g/mol. The van der Waals surface area contributed by atoms with E-state index in [2.05, 4.69) is 21.2 Å². The van der Waals surface area contributed by atoms with Gasteiger partial charge in [0.15, 0.2) is 12.4 Å². The van der Waals surface area contributed by atoms with Crippen LogP contribution < -0.4 is 10.1 Å². The minimum Gasteiger partial charge on any atom is -0.484 e. The number of anilines is 1. The Morgan fingerprint density at radius 3 is 2.41 bits per heavy atom. The predicted molar refractivity (Wildman–Crippen MR) is 89.5 cm³/mol. The lowest BCUT2D eigenvalue weighted by atomic mass is 10.1. The number of ketones is 1. The van der Waals surface area contributed by atoms with Crippen LogP contribution in [-0.4, -0.2) is 18.3 Å². The van der Waals surface area contributed by atoms with Gasteiger partial charge in [0.1, 0.15) is 5.75 Å². The standard InChI is InChI=1S/C17H16BrNO3/c1-11-3-8-16(15(18)9-11)19-17(21)10-22-14-6-4-13(5-7-14)12(2)20/h3-9H,10H2,1-2H3,(H,19,21). The van der Waals surface area contributed by atoms with E-state index in [-0.39, 0.29) is 18.3 Å². The van der Waals surface area contributed by atoms with Crippen molar-refractivity contribution in [2.45, 2.75) is 13.8 Å². The Bertz CT molecular complexity index is 696. The zero-order valence-corrected chi connectivity index (χ0v) is 13.9. The normalized spacial score (nSPS) is 10.1. The van der Waals surface area contributed by atoms with E-state index in [0.29, 0.717) is 17.0 Å². The molecule has 2 rings (SSSR count). The van der Waals surface area contributed by atoms with E-state index in [1.807, 2.05) is 25.1 Å². The fourth-order valence-electron chi connectivity index (χ4n) is 1.84. The van der Waals surface area contributed by atoms with Crippen molar-refractivity contribution in [3.05, 3.63) is 58.1 Å². The Morgan fingerprint density at radius 2 is 1.82 bits per heavy atom. The number of hydrogen-bond acceptors (Lipinski definition) is 3. The monoisotopic (exact) mass is 361 g/mol. The predicted octanol–water partition coefficient (Wildman–Crippen LogP) is 3.98. The summed E-state index contributed by atoms with van der Waals surface area (Å²) in [5, 5.41) is 2.77. The van der Waals surface area contributed by atoms with Gasteiger partial charge in [-0.2, -0.15) is 0 Å². The summed E-state index contributed by atoms with van der Waals surface area (Å²) in [6.07, 6.45) is 0. The van der Waals surface area contributed by atoms with Gasteiger partial charge in [-0.1, -0.05) is 6.07 Å². The molecule has 0 atom stereocenters.